The molecule has 0 aliphatic heterocycles. The van der Waals surface area contributed by atoms with Crippen LogP contribution < -0.4 is 0 Å². The Morgan fingerprint density at radius 2 is 0.944 bits per heavy atom. The molecule has 0 aromatic rings. The van der Waals surface area contributed by atoms with Crippen LogP contribution in [0.4, 0.5) is 48.3 Å². The van der Waals surface area contributed by atoms with Crippen molar-refractivity contribution in [2.75, 3.05) is 0 Å². The fourth-order valence-electron chi connectivity index (χ4n) is 0.612. The van der Waals surface area contributed by atoms with Gasteiger partial charge in [0, 0.05) is 0 Å². The highest BCUT2D eigenvalue weighted by molar-refractivity contribution is 5.95. The zero-order valence-corrected chi connectivity index (χ0v) is 7.60. The van der Waals surface area contributed by atoms with Crippen LogP contribution >= 0.6 is 0 Å². The van der Waals surface area contributed by atoms with Gasteiger partial charge in [-0.3, -0.25) is 0 Å². The van der Waals surface area contributed by atoms with Crippen LogP contribution in [0.3, 0.4) is 0 Å². The number of hydrogen-bond acceptors (Lipinski definition) is 1. The fraction of sp³-hybridized carbons (Fsp3) is 0.500. The summed E-state index contributed by atoms with van der Waals surface area (Å²) in [7, 11) is 0. The molecule has 0 saturated heterocycles. The summed E-state index contributed by atoms with van der Waals surface area (Å²) >= 11 is 0. The molecule has 0 aromatic carbocycles. The summed E-state index contributed by atoms with van der Waals surface area (Å²) in [5.74, 6) is 0. The average Bonchev–Trinajstić information content (AvgIpc) is 1.94. The van der Waals surface area contributed by atoms with Gasteiger partial charge in [-0.25, -0.2) is 4.99 Å². The van der Waals surface area contributed by atoms with Crippen molar-refractivity contribution in [3.05, 3.63) is 11.8 Å². The van der Waals surface area contributed by atoms with E-state index in [4.69, 9.17) is 0 Å². The third kappa shape index (κ3) is 4.49. The standard InChI is InChI=1S/C6F11N/c7-2(8)1(4(9,10)11)18-3(5(12,13)14)6(15,16)17. The number of allylic oxidation sites excluding steroid dienone is 1. The van der Waals surface area contributed by atoms with Crippen molar-refractivity contribution in [1.82, 2.24) is 0 Å². The van der Waals surface area contributed by atoms with Gasteiger partial charge in [0.1, 0.15) is 0 Å². The third-order valence-electron chi connectivity index (χ3n) is 1.21. The predicted octanol–water partition coefficient (Wildman–Crippen LogP) is 4.22. The second kappa shape index (κ2) is 4.72. The molecule has 0 radical (unpaired) electrons. The van der Waals surface area contributed by atoms with Crippen LogP contribution in [0.1, 0.15) is 0 Å². The van der Waals surface area contributed by atoms with Crippen molar-refractivity contribution >= 4 is 5.71 Å². The van der Waals surface area contributed by atoms with Gasteiger partial charge in [0.15, 0.2) is 0 Å². The molecule has 0 rings (SSSR count). The van der Waals surface area contributed by atoms with E-state index >= 15 is 0 Å². The highest BCUT2D eigenvalue weighted by Gasteiger charge is 2.55. The van der Waals surface area contributed by atoms with E-state index in [1.54, 1.807) is 0 Å². The minimum atomic E-state index is -6.36. The molecule has 0 fully saturated rings. The summed E-state index contributed by atoms with van der Waals surface area (Å²) in [5, 5.41) is 0. The van der Waals surface area contributed by atoms with Crippen molar-refractivity contribution in [2.24, 2.45) is 4.99 Å². The SMILES string of the molecule is FC(F)=C(N=C(C(F)(F)F)C(F)(F)F)C(F)(F)F. The average molecular weight is 295 g/mol. The number of rotatable bonds is 1. The van der Waals surface area contributed by atoms with Crippen LogP contribution in [-0.4, -0.2) is 24.2 Å². The number of aliphatic imine (C=N–C) groups is 1. The molecule has 0 aliphatic carbocycles. The van der Waals surface area contributed by atoms with E-state index in [1.807, 2.05) is 0 Å². The zero-order chi connectivity index (χ0) is 14.9. The molecule has 0 aliphatic rings. The minimum absolute atomic E-state index is 0.961. The molecular formula is C6F11N. The summed E-state index contributed by atoms with van der Waals surface area (Å²) in [6, 6.07) is 0. The van der Waals surface area contributed by atoms with Crippen LogP contribution in [0, 0.1) is 0 Å². The quantitative estimate of drug-likeness (QED) is 0.507. The molecule has 12 heteroatoms. The summed E-state index contributed by atoms with van der Waals surface area (Å²) in [4.78, 5) is 0.961. The van der Waals surface area contributed by atoms with Crippen LogP contribution in [0.25, 0.3) is 0 Å². The van der Waals surface area contributed by atoms with Gasteiger partial charge in [0.2, 0.25) is 11.4 Å². The maximum atomic E-state index is 11.7. The van der Waals surface area contributed by atoms with Crippen molar-refractivity contribution in [1.29, 1.82) is 0 Å². The first-order valence-electron chi connectivity index (χ1n) is 3.53. The lowest BCUT2D eigenvalue weighted by atomic mass is 10.3. The summed E-state index contributed by atoms with van der Waals surface area (Å²) in [6.07, 6.45) is -22.7. The van der Waals surface area contributed by atoms with Gasteiger partial charge in [0.25, 0.3) is 0 Å². The molecule has 0 unspecified atom stereocenters. The highest BCUT2D eigenvalue weighted by atomic mass is 19.4. The van der Waals surface area contributed by atoms with Gasteiger partial charge in [-0.1, -0.05) is 0 Å². The largest absolute Gasteiger partial charge is 0.438 e. The third-order valence-corrected chi connectivity index (χ3v) is 1.21. The van der Waals surface area contributed by atoms with Gasteiger partial charge in [-0.2, -0.15) is 48.3 Å². The Hall–Kier alpha value is -1.36. The Balaban J connectivity index is 5.94. The van der Waals surface area contributed by atoms with E-state index in [2.05, 4.69) is 0 Å². The minimum Gasteiger partial charge on any atom is -0.229 e. The normalized spacial score (nSPS) is 13.3. The Labute approximate surface area is 90.6 Å². The van der Waals surface area contributed by atoms with Crippen LogP contribution in [0.5, 0.6) is 0 Å². The second-order valence-electron chi connectivity index (χ2n) is 2.56. The van der Waals surface area contributed by atoms with E-state index in [-0.39, 0.29) is 0 Å². The van der Waals surface area contributed by atoms with E-state index in [9.17, 15) is 48.3 Å². The topological polar surface area (TPSA) is 12.4 Å². The van der Waals surface area contributed by atoms with Crippen molar-refractivity contribution in [3.63, 3.8) is 0 Å². The summed E-state index contributed by atoms with van der Waals surface area (Å²) < 4.78 is 129. The number of alkyl halides is 9. The van der Waals surface area contributed by atoms with Crippen LogP contribution in [-0.2, 0) is 0 Å². The van der Waals surface area contributed by atoms with E-state index < -0.39 is 36.0 Å². The molecular weight excluding hydrogens is 295 g/mol. The lowest BCUT2D eigenvalue weighted by molar-refractivity contribution is -0.120. The Morgan fingerprint density at radius 1 is 0.611 bits per heavy atom. The zero-order valence-electron chi connectivity index (χ0n) is 7.60. The molecule has 0 heterocycles. The molecule has 0 aromatic heterocycles. The van der Waals surface area contributed by atoms with E-state index in [0.29, 0.717) is 0 Å². The molecule has 1 nitrogen and oxygen atoms in total. The Kier molecular flexibility index (Phi) is 4.37. The lowest BCUT2D eigenvalue weighted by Gasteiger charge is -2.14. The second-order valence-corrected chi connectivity index (χ2v) is 2.56. The van der Waals surface area contributed by atoms with E-state index in [0.717, 1.165) is 4.99 Å². The number of nitrogens with zero attached hydrogens (tertiary/aromatic N) is 1. The lowest BCUT2D eigenvalue weighted by Crippen LogP contribution is -2.37. The first-order chi connectivity index (χ1) is 7.67. The molecule has 0 N–H and O–H groups in total. The van der Waals surface area contributed by atoms with E-state index in [1.165, 1.54) is 0 Å². The Morgan fingerprint density at radius 3 is 1.11 bits per heavy atom. The Bertz CT molecular complexity index is 344. The van der Waals surface area contributed by atoms with Gasteiger partial charge >= 0.3 is 24.6 Å². The first kappa shape index (κ1) is 16.6. The molecule has 18 heavy (non-hydrogen) atoms. The van der Waals surface area contributed by atoms with Crippen molar-refractivity contribution < 1.29 is 48.3 Å². The number of halogens is 11. The van der Waals surface area contributed by atoms with Gasteiger partial charge in [-0.05, 0) is 0 Å². The van der Waals surface area contributed by atoms with Crippen LogP contribution in [0.15, 0.2) is 16.8 Å². The monoisotopic (exact) mass is 295 g/mol. The van der Waals surface area contributed by atoms with Crippen LogP contribution in [0.2, 0.25) is 0 Å². The van der Waals surface area contributed by atoms with Crippen molar-refractivity contribution in [3.8, 4) is 0 Å². The predicted molar refractivity (Wildman–Crippen MR) is 34.8 cm³/mol. The molecule has 0 saturated carbocycles. The molecule has 0 atom stereocenters. The maximum absolute atomic E-state index is 11.7. The molecule has 0 bridgehead atoms. The van der Waals surface area contributed by atoms with Gasteiger partial charge in [-0.15, -0.1) is 0 Å². The molecule has 0 spiro atoms. The van der Waals surface area contributed by atoms with Gasteiger partial charge in [0.05, 0.1) is 0 Å². The molecule has 0 amide bonds. The van der Waals surface area contributed by atoms with Gasteiger partial charge < -0.3 is 0 Å². The number of hydrogen-bond donors (Lipinski definition) is 0. The molecule has 106 valence electrons. The first-order valence-corrected chi connectivity index (χ1v) is 3.53. The maximum Gasteiger partial charge on any atom is 0.438 e. The smallest absolute Gasteiger partial charge is 0.229 e. The van der Waals surface area contributed by atoms with Crippen molar-refractivity contribution in [2.45, 2.75) is 18.5 Å². The summed E-state index contributed by atoms with van der Waals surface area (Å²) in [5.41, 5.74) is -7.47. The summed E-state index contributed by atoms with van der Waals surface area (Å²) in [6.45, 7) is 0. The fourth-order valence-corrected chi connectivity index (χ4v) is 0.612. The highest BCUT2D eigenvalue weighted by Crippen LogP contribution is 2.36.